The molecule has 2 atom stereocenters. The molecule has 2 aromatic carbocycles. The van der Waals surface area contributed by atoms with Crippen LogP contribution in [-0.2, 0) is 10.7 Å². The van der Waals surface area contributed by atoms with E-state index in [1.165, 1.54) is 12.1 Å². The van der Waals surface area contributed by atoms with E-state index in [-0.39, 0.29) is 29.0 Å². The highest BCUT2D eigenvalue weighted by molar-refractivity contribution is 9.10. The second-order valence-corrected chi connectivity index (χ2v) is 10.5. The van der Waals surface area contributed by atoms with Crippen LogP contribution in [0.5, 0.6) is 0 Å². The lowest BCUT2D eigenvalue weighted by molar-refractivity contribution is -0.252. The van der Waals surface area contributed by atoms with Crippen LogP contribution in [-0.4, -0.2) is 39.5 Å². The van der Waals surface area contributed by atoms with Gasteiger partial charge in [-0.1, -0.05) is 48.0 Å². The fourth-order valence-electron chi connectivity index (χ4n) is 5.15. The van der Waals surface area contributed by atoms with Gasteiger partial charge < -0.3 is 25.1 Å². The molecule has 1 fully saturated rings. The molecular weight excluding hydrogens is 534 g/mol. The quantitative estimate of drug-likeness (QED) is 0.479. The lowest BCUT2D eigenvalue weighted by Crippen LogP contribution is -2.54. The van der Waals surface area contributed by atoms with E-state index in [0.717, 1.165) is 6.42 Å². The van der Waals surface area contributed by atoms with Crippen molar-refractivity contribution in [2.75, 3.05) is 6.54 Å². The Labute approximate surface area is 215 Å². The summed E-state index contributed by atoms with van der Waals surface area (Å²) in [7, 11) is 0. The highest BCUT2D eigenvalue weighted by atomic mass is 79.9. The van der Waals surface area contributed by atoms with Gasteiger partial charge in [0.25, 0.3) is 5.92 Å². The number of nitrogens with zero attached hydrogens (tertiary/aromatic N) is 2. The average Bonchev–Trinajstić information content (AvgIpc) is 3.55. The van der Waals surface area contributed by atoms with Crippen molar-refractivity contribution >= 4 is 27.9 Å². The number of rotatable bonds is 5. The predicted molar refractivity (Wildman–Crippen MR) is 131 cm³/mol. The highest BCUT2D eigenvalue weighted by Gasteiger charge is 2.44. The maximum Gasteiger partial charge on any atom is 0.299 e. The maximum atomic E-state index is 15.3. The molecule has 1 saturated heterocycles. The van der Waals surface area contributed by atoms with E-state index in [4.69, 9.17) is 0 Å². The number of hydrogen-bond acceptors (Lipinski definition) is 4. The molecule has 1 aromatic heterocycles. The molecule has 1 aliphatic heterocycles. The molecule has 5 rings (SSSR count). The third-order valence-electron chi connectivity index (χ3n) is 6.93. The minimum absolute atomic E-state index is 0.0284. The number of fused-ring (bicyclic) bond motifs is 3. The number of nitrogens with one attached hydrogen (secondary N) is 2. The zero-order valence-electron chi connectivity index (χ0n) is 19.6. The number of H-pyrrole nitrogens is 1. The molecule has 0 saturated carbocycles. The maximum absolute atomic E-state index is 15.3. The first kappa shape index (κ1) is 24.4. The number of benzene rings is 2. The Morgan fingerprint density at radius 2 is 1.89 bits per heavy atom. The first-order valence-corrected chi connectivity index (χ1v) is 12.5. The zero-order valence-corrected chi connectivity index (χ0v) is 21.2. The number of carboxylic acid groups (broad SMARTS) is 1. The van der Waals surface area contributed by atoms with Gasteiger partial charge in [0.15, 0.2) is 0 Å². The van der Waals surface area contributed by atoms with Crippen LogP contribution in [0.25, 0.3) is 22.4 Å². The van der Waals surface area contributed by atoms with Gasteiger partial charge in [-0.2, -0.15) is 8.78 Å². The monoisotopic (exact) mass is 557 g/mol. The number of carbonyl (C=O) groups is 2. The Morgan fingerprint density at radius 3 is 2.58 bits per heavy atom. The van der Waals surface area contributed by atoms with Gasteiger partial charge in [0.2, 0.25) is 5.91 Å². The molecule has 2 amide bonds. The van der Waals surface area contributed by atoms with Gasteiger partial charge in [-0.05, 0) is 48.1 Å². The number of aromatic nitrogens is 2. The summed E-state index contributed by atoms with van der Waals surface area (Å²) in [6, 6.07) is 8.56. The molecule has 36 heavy (non-hydrogen) atoms. The molecule has 0 spiro atoms. The number of alkyl halides is 2. The average molecular weight is 558 g/mol. The number of halogens is 3. The molecule has 3 aromatic rings. The minimum Gasteiger partial charge on any atom is -0.530 e. The van der Waals surface area contributed by atoms with Crippen molar-refractivity contribution in [3.8, 4) is 22.4 Å². The van der Waals surface area contributed by atoms with Crippen LogP contribution in [0.2, 0.25) is 0 Å². The molecule has 0 radical (unpaired) electrons. The highest BCUT2D eigenvalue weighted by Crippen LogP contribution is 2.52. The summed E-state index contributed by atoms with van der Waals surface area (Å²) in [5.74, 6) is -3.19. The number of carbonyl (C=O) groups excluding carboxylic acids is 2. The Hall–Kier alpha value is -3.27. The van der Waals surface area contributed by atoms with Gasteiger partial charge in [-0.25, -0.2) is 4.98 Å². The third-order valence-corrected chi connectivity index (χ3v) is 7.43. The third kappa shape index (κ3) is 4.07. The van der Waals surface area contributed by atoms with E-state index in [1.54, 1.807) is 49.2 Å². The number of likely N-dealkylation sites (tertiary alicyclic amines) is 1. The molecule has 1 aliphatic carbocycles. The Kier molecular flexibility index (Phi) is 6.10. The first-order chi connectivity index (χ1) is 17.1. The summed E-state index contributed by atoms with van der Waals surface area (Å²) in [4.78, 5) is 33.5. The summed E-state index contributed by atoms with van der Waals surface area (Å²) in [6.07, 6.45) is 1.47. The number of hydrogen-bond donors (Lipinski definition) is 2. The molecule has 2 N–H and O–H groups in total. The Morgan fingerprint density at radius 1 is 1.19 bits per heavy atom. The smallest absolute Gasteiger partial charge is 0.299 e. The molecule has 2 aliphatic rings. The van der Waals surface area contributed by atoms with E-state index < -0.39 is 18.1 Å². The molecular formula is C26H24BrF2N4O3-. The van der Waals surface area contributed by atoms with E-state index in [0.29, 0.717) is 45.6 Å². The van der Waals surface area contributed by atoms with Gasteiger partial charge in [0.1, 0.15) is 18.0 Å². The summed E-state index contributed by atoms with van der Waals surface area (Å²) in [6.45, 7) is 3.99. The summed E-state index contributed by atoms with van der Waals surface area (Å²) in [5.41, 5.74) is 2.05. The van der Waals surface area contributed by atoms with Gasteiger partial charge in [-0.3, -0.25) is 4.79 Å². The van der Waals surface area contributed by atoms with Gasteiger partial charge in [-0.15, -0.1) is 0 Å². The lowest BCUT2D eigenvalue weighted by atomic mass is 10.0. The van der Waals surface area contributed by atoms with Crippen LogP contribution < -0.4 is 10.4 Å². The lowest BCUT2D eigenvalue weighted by Gasteiger charge is -2.31. The van der Waals surface area contributed by atoms with Crippen molar-refractivity contribution in [2.24, 2.45) is 5.92 Å². The normalized spacial score (nSPS) is 18.7. The van der Waals surface area contributed by atoms with Gasteiger partial charge in [0.05, 0.1) is 17.9 Å². The van der Waals surface area contributed by atoms with Crippen LogP contribution in [0.3, 0.4) is 0 Å². The van der Waals surface area contributed by atoms with Crippen LogP contribution in [0.15, 0.2) is 47.1 Å². The summed E-state index contributed by atoms with van der Waals surface area (Å²) < 4.78 is 31.2. The number of amides is 2. The standard InChI is InChI=1S/C26H25BrF2N4O3/c1-13(2)22(32-25(35)36)24(34)33-9-3-4-21(33)23-30-12-20(31-23)14-5-7-16-17-8-6-15(27)11-19(17)26(28,29)18(16)10-14/h5-8,10-13,21-22,32H,3-4,9H2,1-2H3,(H,30,31)(H,35,36)/p-1/t21-,22-/m0/s1. The van der Waals surface area contributed by atoms with Crippen molar-refractivity contribution in [3.63, 3.8) is 0 Å². The van der Waals surface area contributed by atoms with E-state index in [9.17, 15) is 14.7 Å². The number of aromatic amines is 1. The van der Waals surface area contributed by atoms with Crippen LogP contribution in [0.4, 0.5) is 13.6 Å². The minimum atomic E-state index is -3.13. The summed E-state index contributed by atoms with van der Waals surface area (Å²) >= 11 is 3.28. The van der Waals surface area contributed by atoms with Crippen molar-refractivity contribution in [1.29, 1.82) is 0 Å². The summed E-state index contributed by atoms with van der Waals surface area (Å²) in [5, 5.41) is 13.3. The van der Waals surface area contributed by atoms with E-state index in [2.05, 4.69) is 31.2 Å². The second-order valence-electron chi connectivity index (χ2n) is 9.55. The van der Waals surface area contributed by atoms with Crippen LogP contribution >= 0.6 is 15.9 Å². The molecule has 188 valence electrons. The van der Waals surface area contributed by atoms with Gasteiger partial charge in [0, 0.05) is 27.7 Å². The molecule has 10 heteroatoms. The Bertz CT molecular complexity index is 1360. The molecule has 0 unspecified atom stereocenters. The Balaban J connectivity index is 1.43. The van der Waals surface area contributed by atoms with E-state index >= 15 is 8.78 Å². The first-order valence-electron chi connectivity index (χ1n) is 11.7. The molecule has 0 bridgehead atoms. The zero-order chi connectivity index (χ0) is 25.8. The van der Waals surface area contributed by atoms with Gasteiger partial charge >= 0.3 is 0 Å². The SMILES string of the molecule is CC(C)[C@H](NC(=O)[O-])C(=O)N1CCC[C@H]1c1ncc(-c2ccc3c(c2)C(F)(F)c2cc(Br)ccc2-3)[nH]1. The van der Waals surface area contributed by atoms with E-state index in [1.807, 2.05) is 0 Å². The topological polar surface area (TPSA) is 101 Å². The molecule has 7 nitrogen and oxygen atoms in total. The van der Waals surface area contributed by atoms with Crippen molar-refractivity contribution in [2.45, 2.75) is 44.7 Å². The van der Waals surface area contributed by atoms with Crippen molar-refractivity contribution < 1.29 is 23.5 Å². The predicted octanol–water partition coefficient (Wildman–Crippen LogP) is 4.58. The van der Waals surface area contributed by atoms with Crippen molar-refractivity contribution in [3.05, 3.63) is 64.0 Å². The molecule has 2 heterocycles. The fourth-order valence-corrected chi connectivity index (χ4v) is 5.51. The largest absolute Gasteiger partial charge is 0.530 e. The van der Waals surface area contributed by atoms with Crippen LogP contribution in [0, 0.1) is 5.92 Å². The number of imidazole rings is 1. The van der Waals surface area contributed by atoms with Crippen LogP contribution in [0.1, 0.15) is 49.7 Å². The van der Waals surface area contributed by atoms with Crippen molar-refractivity contribution in [1.82, 2.24) is 20.2 Å². The second kappa shape index (κ2) is 8.99. The fraction of sp³-hybridized carbons (Fsp3) is 0.346.